The minimum absolute atomic E-state index is 0.0388. The van der Waals surface area contributed by atoms with Gasteiger partial charge in [0.2, 0.25) is 5.91 Å². The van der Waals surface area contributed by atoms with E-state index in [-0.39, 0.29) is 11.8 Å². The number of hydrogen-bond donors (Lipinski definition) is 3. The molecule has 0 unspecified atom stereocenters. The van der Waals surface area contributed by atoms with E-state index in [4.69, 9.17) is 9.72 Å². The number of methoxy groups -OCH3 is 1. The maximum Gasteiger partial charge on any atom is 0.227 e. The predicted octanol–water partition coefficient (Wildman–Crippen LogP) is 5.73. The maximum atomic E-state index is 14.2. The highest BCUT2D eigenvalue weighted by atomic mass is 19.1. The minimum atomic E-state index is -0.421. The SMILES string of the molecule is COc1cc(F)cc(-c2nccc3[nH]c(-c4n[nH]c5ccc(-c6cncc(NC(=O)C7CC7)c6)cc45)nc23)c1. The molecule has 1 saturated carbocycles. The summed E-state index contributed by atoms with van der Waals surface area (Å²) in [7, 11) is 1.49. The maximum absolute atomic E-state index is 14.2. The highest BCUT2D eigenvalue weighted by Gasteiger charge is 2.29. The monoisotopic (exact) mass is 519 g/mol. The number of nitrogens with zero attached hydrogens (tertiary/aromatic N) is 4. The molecule has 0 bridgehead atoms. The van der Waals surface area contributed by atoms with E-state index in [0.29, 0.717) is 39.7 Å². The molecule has 192 valence electrons. The Balaban J connectivity index is 1.28. The first-order chi connectivity index (χ1) is 19.1. The predicted molar refractivity (Wildman–Crippen MR) is 146 cm³/mol. The summed E-state index contributed by atoms with van der Waals surface area (Å²) in [5, 5.41) is 11.4. The Bertz CT molecular complexity index is 1890. The molecule has 7 rings (SSSR count). The molecular weight excluding hydrogens is 497 g/mol. The molecule has 0 atom stereocenters. The van der Waals surface area contributed by atoms with Crippen LogP contribution in [0.1, 0.15) is 12.8 Å². The van der Waals surface area contributed by atoms with E-state index in [1.165, 1.54) is 19.2 Å². The number of amides is 1. The smallest absolute Gasteiger partial charge is 0.227 e. The van der Waals surface area contributed by atoms with Crippen LogP contribution in [0.3, 0.4) is 0 Å². The molecule has 0 radical (unpaired) electrons. The molecule has 1 aliphatic rings. The highest BCUT2D eigenvalue weighted by Crippen LogP contribution is 2.34. The Morgan fingerprint density at radius 2 is 1.90 bits per heavy atom. The van der Waals surface area contributed by atoms with E-state index < -0.39 is 5.82 Å². The number of imidazole rings is 1. The van der Waals surface area contributed by atoms with Crippen LogP contribution in [0.4, 0.5) is 10.1 Å². The number of carbonyl (C=O) groups is 1. The van der Waals surface area contributed by atoms with Crippen molar-refractivity contribution in [3.63, 3.8) is 0 Å². The molecule has 4 aromatic heterocycles. The van der Waals surface area contributed by atoms with Crippen LogP contribution in [0.5, 0.6) is 5.75 Å². The van der Waals surface area contributed by atoms with Gasteiger partial charge in [0.25, 0.3) is 0 Å². The number of fused-ring (bicyclic) bond motifs is 2. The topological polar surface area (TPSA) is 121 Å². The summed E-state index contributed by atoms with van der Waals surface area (Å²) in [5.41, 5.74) is 6.37. The van der Waals surface area contributed by atoms with E-state index >= 15 is 0 Å². The van der Waals surface area contributed by atoms with Gasteiger partial charge in [0, 0.05) is 40.9 Å². The number of halogens is 1. The van der Waals surface area contributed by atoms with Gasteiger partial charge in [-0.25, -0.2) is 9.37 Å². The van der Waals surface area contributed by atoms with Crippen molar-refractivity contribution < 1.29 is 13.9 Å². The molecule has 10 heteroatoms. The van der Waals surface area contributed by atoms with Crippen molar-refractivity contribution in [3.05, 3.63) is 72.9 Å². The molecule has 0 spiro atoms. The fraction of sp³-hybridized carbons (Fsp3) is 0.138. The second-order valence-electron chi connectivity index (χ2n) is 9.58. The number of nitrogens with one attached hydrogen (secondary N) is 3. The summed E-state index contributed by atoms with van der Waals surface area (Å²) in [6.45, 7) is 0. The Kier molecular flexibility index (Phi) is 5.32. The molecule has 9 nitrogen and oxygen atoms in total. The Morgan fingerprint density at radius 3 is 2.74 bits per heavy atom. The summed E-state index contributed by atoms with van der Waals surface area (Å²) in [6, 6.07) is 14.1. The number of anilines is 1. The van der Waals surface area contributed by atoms with Gasteiger partial charge >= 0.3 is 0 Å². The number of aromatic amines is 2. The van der Waals surface area contributed by atoms with Crippen molar-refractivity contribution in [2.45, 2.75) is 12.8 Å². The summed E-state index contributed by atoms with van der Waals surface area (Å²) in [6.07, 6.45) is 6.95. The number of aromatic nitrogens is 6. The van der Waals surface area contributed by atoms with E-state index in [0.717, 1.165) is 40.4 Å². The van der Waals surface area contributed by atoms with Gasteiger partial charge in [-0.15, -0.1) is 0 Å². The van der Waals surface area contributed by atoms with Gasteiger partial charge in [0.15, 0.2) is 5.82 Å². The first kappa shape index (κ1) is 23.0. The van der Waals surface area contributed by atoms with Gasteiger partial charge in [-0.2, -0.15) is 5.10 Å². The molecule has 1 aliphatic carbocycles. The molecule has 4 heterocycles. The average molecular weight is 520 g/mol. The summed E-state index contributed by atoms with van der Waals surface area (Å²) in [4.78, 5) is 29.2. The summed E-state index contributed by atoms with van der Waals surface area (Å²) >= 11 is 0. The molecule has 1 amide bonds. The molecule has 3 N–H and O–H groups in total. The number of rotatable bonds is 6. The van der Waals surface area contributed by atoms with Crippen LogP contribution in [0.15, 0.2) is 67.1 Å². The van der Waals surface area contributed by atoms with Gasteiger partial charge < -0.3 is 15.0 Å². The van der Waals surface area contributed by atoms with E-state index in [9.17, 15) is 9.18 Å². The van der Waals surface area contributed by atoms with Crippen molar-refractivity contribution in [2.75, 3.05) is 12.4 Å². The van der Waals surface area contributed by atoms with E-state index in [1.54, 1.807) is 24.7 Å². The first-order valence-corrected chi connectivity index (χ1v) is 12.5. The second-order valence-corrected chi connectivity index (χ2v) is 9.58. The zero-order chi connectivity index (χ0) is 26.5. The van der Waals surface area contributed by atoms with Crippen molar-refractivity contribution >= 4 is 33.5 Å². The van der Waals surface area contributed by atoms with Crippen molar-refractivity contribution in [2.24, 2.45) is 5.92 Å². The average Bonchev–Trinajstić information content (AvgIpc) is 3.58. The van der Waals surface area contributed by atoms with Gasteiger partial charge in [-0.3, -0.25) is 19.9 Å². The summed E-state index contributed by atoms with van der Waals surface area (Å²) < 4.78 is 19.5. The minimum Gasteiger partial charge on any atom is -0.497 e. The molecule has 1 fully saturated rings. The van der Waals surface area contributed by atoms with Gasteiger partial charge in [0.1, 0.15) is 22.8 Å². The largest absolute Gasteiger partial charge is 0.497 e. The Labute approximate surface area is 221 Å². The molecule has 0 saturated heterocycles. The molecule has 0 aliphatic heterocycles. The van der Waals surface area contributed by atoms with Gasteiger partial charge in [0.05, 0.1) is 35.7 Å². The quantitative estimate of drug-likeness (QED) is 0.259. The Hall–Kier alpha value is -5.12. The standard InChI is InChI=1S/C29H22FN7O2/c1-39-21-10-17(8-19(30)12-21)25-27-24(6-7-32-25)34-28(35-27)26-22-11-16(4-5-23(22)36-37-26)18-9-20(14-31-13-18)33-29(38)15-2-3-15/h4-15H,2-3H2,1H3,(H,33,38)(H,34,35)(H,36,37). The third kappa shape index (κ3) is 4.25. The summed E-state index contributed by atoms with van der Waals surface area (Å²) in [5.74, 6) is 0.680. The number of benzene rings is 2. The third-order valence-electron chi connectivity index (χ3n) is 6.86. The lowest BCUT2D eigenvalue weighted by Gasteiger charge is -2.07. The number of pyridine rings is 2. The van der Waals surface area contributed by atoms with Crippen molar-refractivity contribution in [1.29, 1.82) is 0 Å². The first-order valence-electron chi connectivity index (χ1n) is 12.5. The molecule has 2 aromatic carbocycles. The Morgan fingerprint density at radius 1 is 1.00 bits per heavy atom. The van der Waals surface area contributed by atoms with Crippen LogP contribution in [0.2, 0.25) is 0 Å². The molecular formula is C29H22FN7O2. The molecule has 6 aromatic rings. The van der Waals surface area contributed by atoms with E-state index in [2.05, 4.69) is 30.5 Å². The molecule has 39 heavy (non-hydrogen) atoms. The van der Waals surface area contributed by atoms with Crippen LogP contribution < -0.4 is 10.1 Å². The second kappa shape index (κ2) is 9.02. The number of ether oxygens (including phenoxy) is 1. The van der Waals surface area contributed by atoms with Crippen LogP contribution in [0.25, 0.3) is 55.8 Å². The highest BCUT2D eigenvalue weighted by molar-refractivity contribution is 5.98. The fourth-order valence-corrected chi connectivity index (χ4v) is 4.71. The zero-order valence-corrected chi connectivity index (χ0v) is 20.8. The lowest BCUT2D eigenvalue weighted by Crippen LogP contribution is -2.13. The normalized spacial score (nSPS) is 13.2. The van der Waals surface area contributed by atoms with E-state index in [1.807, 2.05) is 30.3 Å². The zero-order valence-electron chi connectivity index (χ0n) is 20.8. The van der Waals surface area contributed by atoms with Crippen molar-refractivity contribution in [3.8, 4) is 39.7 Å². The van der Waals surface area contributed by atoms with Crippen molar-refractivity contribution in [1.82, 2.24) is 30.1 Å². The number of hydrogen-bond acceptors (Lipinski definition) is 6. The third-order valence-corrected chi connectivity index (χ3v) is 6.86. The lowest BCUT2D eigenvalue weighted by molar-refractivity contribution is -0.117. The van der Waals surface area contributed by atoms with Crippen LogP contribution in [0, 0.1) is 11.7 Å². The van der Waals surface area contributed by atoms with Crippen LogP contribution in [-0.4, -0.2) is 43.2 Å². The van der Waals surface area contributed by atoms with Crippen LogP contribution in [-0.2, 0) is 4.79 Å². The van der Waals surface area contributed by atoms with Gasteiger partial charge in [-0.05, 0) is 54.8 Å². The number of H-pyrrole nitrogens is 2. The van der Waals surface area contributed by atoms with Crippen LogP contribution >= 0.6 is 0 Å². The number of carbonyl (C=O) groups excluding carboxylic acids is 1. The van der Waals surface area contributed by atoms with Gasteiger partial charge in [-0.1, -0.05) is 6.07 Å². The fourth-order valence-electron chi connectivity index (χ4n) is 4.71. The lowest BCUT2D eigenvalue weighted by atomic mass is 10.0.